The number of rotatable bonds is 6. The van der Waals surface area contributed by atoms with Crippen molar-refractivity contribution in [3.8, 4) is 5.75 Å². The largest absolute Gasteiger partial charge is 0.483 e. The maximum atomic E-state index is 14.0. The number of aromatic amines is 1. The summed E-state index contributed by atoms with van der Waals surface area (Å²) < 4.78 is 7.05. The Hall–Kier alpha value is -3.67. The van der Waals surface area contributed by atoms with E-state index in [-0.39, 0.29) is 64.0 Å². The first-order valence-electron chi connectivity index (χ1n) is 14.9. The maximum Gasteiger partial charge on any atom is 0.305 e. The lowest BCUT2D eigenvalue weighted by Gasteiger charge is -2.43. The first-order chi connectivity index (χ1) is 21.8. The third kappa shape index (κ3) is 4.70. The minimum Gasteiger partial charge on any atom is -0.483 e. The molecule has 3 fully saturated rings. The van der Waals surface area contributed by atoms with Crippen LogP contribution in [0.1, 0.15) is 28.3 Å². The number of aromatic nitrogens is 1. The normalized spacial score (nSPS) is 27.7. The molecule has 2 aliphatic heterocycles. The Balaban J connectivity index is 1.15. The van der Waals surface area contributed by atoms with Gasteiger partial charge in [0.1, 0.15) is 5.75 Å². The van der Waals surface area contributed by atoms with Gasteiger partial charge in [0.2, 0.25) is 11.8 Å². The number of ether oxygens (including phenoxy) is 1. The summed E-state index contributed by atoms with van der Waals surface area (Å²) in [5.41, 5.74) is 3.21. The molecule has 3 heterocycles. The van der Waals surface area contributed by atoms with Crippen molar-refractivity contribution in [3.63, 3.8) is 0 Å². The van der Waals surface area contributed by atoms with Crippen LogP contribution in [0.15, 0.2) is 87.1 Å². The number of thioether (sulfide) groups is 1. The fourth-order valence-electron chi connectivity index (χ4n) is 8.15. The van der Waals surface area contributed by atoms with Gasteiger partial charge in [-0.25, -0.2) is 0 Å². The maximum absolute atomic E-state index is 14.0. The molecule has 3 amide bonds. The molecule has 3 aromatic carbocycles. The van der Waals surface area contributed by atoms with Crippen molar-refractivity contribution < 1.29 is 19.1 Å². The fourth-order valence-corrected chi connectivity index (χ4v) is 11.4. The molecule has 2 aliphatic carbocycles. The molecule has 2 N–H and O–H groups in total. The number of imide groups is 1. The van der Waals surface area contributed by atoms with Crippen LogP contribution in [0.4, 0.5) is 11.4 Å². The van der Waals surface area contributed by atoms with E-state index >= 15 is 0 Å². The van der Waals surface area contributed by atoms with Crippen LogP contribution in [0.25, 0.3) is 0 Å². The van der Waals surface area contributed by atoms with E-state index in [1.54, 1.807) is 11.8 Å². The zero-order valence-electron chi connectivity index (χ0n) is 24.1. The molecule has 228 valence electrons. The fraction of sp³-hybridized carbons (Fsp3) is 0.294. The van der Waals surface area contributed by atoms with Gasteiger partial charge >= 0.3 is 4.87 Å². The average molecular weight is 703 g/mol. The zero-order chi connectivity index (χ0) is 31.0. The molecule has 2 bridgehead atoms. The third-order valence-corrected chi connectivity index (χ3v) is 12.8. The number of anilines is 2. The number of nitrogens with zero attached hydrogens (tertiary/aromatic N) is 1. The van der Waals surface area contributed by atoms with Gasteiger partial charge in [0.15, 0.2) is 6.61 Å². The number of benzene rings is 3. The number of hydrogen-bond acceptors (Lipinski definition) is 7. The second-order valence-corrected chi connectivity index (χ2v) is 15.3. The van der Waals surface area contributed by atoms with Crippen LogP contribution in [0.3, 0.4) is 0 Å². The van der Waals surface area contributed by atoms with Crippen molar-refractivity contribution in [3.05, 3.63) is 103 Å². The predicted molar refractivity (Wildman–Crippen MR) is 177 cm³/mol. The number of halogens is 1. The van der Waals surface area contributed by atoms with Gasteiger partial charge in [-0.2, -0.15) is 0 Å². The zero-order valence-corrected chi connectivity index (χ0v) is 27.3. The minimum absolute atomic E-state index is 0.00504. The van der Waals surface area contributed by atoms with E-state index < -0.39 is 5.92 Å². The van der Waals surface area contributed by atoms with Crippen molar-refractivity contribution in [1.82, 2.24) is 4.98 Å². The smallest absolute Gasteiger partial charge is 0.305 e. The van der Waals surface area contributed by atoms with Gasteiger partial charge in [0.05, 0.1) is 22.5 Å². The number of fused-ring (bicyclic) bond motifs is 9. The summed E-state index contributed by atoms with van der Waals surface area (Å²) in [6, 6.07) is 22.5. The summed E-state index contributed by atoms with van der Waals surface area (Å²) in [6.07, 6.45) is 0.788. The van der Waals surface area contributed by atoms with Gasteiger partial charge in [-0.05, 0) is 79.1 Å². The molecule has 0 unspecified atom stereocenters. The first kappa shape index (κ1) is 28.8. The monoisotopic (exact) mass is 701 g/mol. The van der Waals surface area contributed by atoms with Gasteiger partial charge in [0, 0.05) is 31.8 Å². The predicted octanol–water partition coefficient (Wildman–Crippen LogP) is 6.20. The Morgan fingerprint density at radius 2 is 1.78 bits per heavy atom. The van der Waals surface area contributed by atoms with Crippen LogP contribution < -0.4 is 19.8 Å². The van der Waals surface area contributed by atoms with Crippen molar-refractivity contribution in [2.45, 2.75) is 29.5 Å². The molecule has 1 aromatic heterocycles. The number of hydrogen-bond donors (Lipinski definition) is 2. The lowest BCUT2D eigenvalue weighted by molar-refractivity contribution is -0.123. The van der Waals surface area contributed by atoms with Gasteiger partial charge in [0.25, 0.3) is 5.91 Å². The number of nitrogens with one attached hydrogen (secondary N) is 2. The van der Waals surface area contributed by atoms with Crippen LogP contribution in [-0.2, 0) is 14.4 Å². The molecule has 11 heteroatoms. The minimum atomic E-state index is -0.402. The van der Waals surface area contributed by atoms with E-state index in [9.17, 15) is 19.2 Å². The van der Waals surface area contributed by atoms with E-state index in [2.05, 4.69) is 26.2 Å². The van der Waals surface area contributed by atoms with Crippen molar-refractivity contribution in [1.29, 1.82) is 0 Å². The Morgan fingerprint density at radius 1 is 1.00 bits per heavy atom. The highest BCUT2D eigenvalue weighted by Gasteiger charge is 2.69. The lowest BCUT2D eigenvalue weighted by atomic mass is 9.68. The number of carbonyl (C=O) groups excluding carboxylic acids is 3. The van der Waals surface area contributed by atoms with Gasteiger partial charge < -0.3 is 15.0 Å². The molecule has 7 atom stereocenters. The molecule has 1 saturated heterocycles. The lowest BCUT2D eigenvalue weighted by Crippen LogP contribution is -2.42. The SMILES string of the molecule is Cc1cccc(NC(=O)COc2ccc(Br)cc2[C@@H]2c3sc(=O)[nH]c3S[C@@H]3[C@@H]4C[C@@H]([C@@H]5C(=O)N(c6ccccc6)C(=O)[C@@H]45)[C@H]23)c1. The second kappa shape index (κ2) is 11.0. The number of carbonyl (C=O) groups is 3. The van der Waals surface area contributed by atoms with Crippen LogP contribution in [0.5, 0.6) is 5.75 Å². The molecule has 8 rings (SSSR count). The summed E-state index contributed by atoms with van der Waals surface area (Å²) in [6.45, 7) is 1.77. The third-order valence-electron chi connectivity index (χ3n) is 9.71. The molecule has 4 aliphatic rings. The Kier molecular flexibility index (Phi) is 7.03. The highest BCUT2D eigenvalue weighted by Crippen LogP contribution is 2.69. The summed E-state index contributed by atoms with van der Waals surface area (Å²) in [7, 11) is 0. The molecule has 2 saturated carbocycles. The Morgan fingerprint density at radius 3 is 2.56 bits per heavy atom. The van der Waals surface area contributed by atoms with E-state index in [1.807, 2.05) is 79.7 Å². The van der Waals surface area contributed by atoms with Gasteiger partial charge in [-0.1, -0.05) is 57.6 Å². The van der Waals surface area contributed by atoms with Crippen molar-refractivity contribution >= 4 is 68.1 Å². The van der Waals surface area contributed by atoms with Crippen LogP contribution in [-0.4, -0.2) is 34.6 Å². The number of amides is 3. The van der Waals surface area contributed by atoms with Crippen LogP contribution >= 0.6 is 39.0 Å². The Bertz CT molecular complexity index is 1930. The standard InChI is InChI=1S/C34H28BrN3O5S2/c1-16-6-5-7-18(12-16)36-24(39)15-43-23-11-10-17(35)13-20(23)25-26-21-14-22(29(26)44-31-30(25)45-34(42)37-31)28-27(21)32(40)38(33(28)41)19-8-3-2-4-9-19/h2-13,21-22,25-29H,14-15H2,1H3,(H,36,39)(H,37,42)/t21-,22-,25+,26-,27+,28+,29-/m1/s1. The molecular formula is C34H28BrN3O5S2. The van der Waals surface area contributed by atoms with Crippen LogP contribution in [0.2, 0.25) is 0 Å². The topological polar surface area (TPSA) is 109 Å². The van der Waals surface area contributed by atoms with Crippen LogP contribution in [0, 0.1) is 36.5 Å². The molecular weight excluding hydrogens is 674 g/mol. The number of para-hydroxylation sites is 1. The number of thiazole rings is 1. The molecule has 45 heavy (non-hydrogen) atoms. The summed E-state index contributed by atoms with van der Waals surface area (Å²) in [5.74, 6) is -1.000. The van der Waals surface area contributed by atoms with E-state index in [0.717, 1.165) is 31.9 Å². The average Bonchev–Trinajstić information content (AvgIpc) is 3.75. The summed E-state index contributed by atoms with van der Waals surface area (Å²) in [4.78, 5) is 58.7. The molecule has 0 radical (unpaired) electrons. The summed E-state index contributed by atoms with van der Waals surface area (Å²) in [5, 5.41) is 3.76. The first-order valence-corrected chi connectivity index (χ1v) is 17.4. The Labute approximate surface area is 275 Å². The van der Waals surface area contributed by atoms with Crippen molar-refractivity contribution in [2.24, 2.45) is 29.6 Å². The molecule has 8 nitrogen and oxygen atoms in total. The molecule has 0 spiro atoms. The highest BCUT2D eigenvalue weighted by atomic mass is 79.9. The van der Waals surface area contributed by atoms with E-state index in [4.69, 9.17) is 4.74 Å². The highest BCUT2D eigenvalue weighted by molar-refractivity contribution is 9.10. The second-order valence-electron chi connectivity index (χ2n) is 12.2. The molecule has 4 aromatic rings. The van der Waals surface area contributed by atoms with Crippen molar-refractivity contribution in [2.75, 3.05) is 16.8 Å². The van der Waals surface area contributed by atoms with Gasteiger partial charge in [-0.15, -0.1) is 11.8 Å². The van der Waals surface area contributed by atoms with Gasteiger partial charge in [-0.3, -0.25) is 24.1 Å². The number of H-pyrrole nitrogens is 1. The van der Waals surface area contributed by atoms with E-state index in [0.29, 0.717) is 17.1 Å². The summed E-state index contributed by atoms with van der Waals surface area (Å²) >= 11 is 6.47. The number of aryl methyl sites for hydroxylation is 1. The quantitative estimate of drug-likeness (QED) is 0.232. The van der Waals surface area contributed by atoms with E-state index in [1.165, 1.54) is 16.2 Å².